The molecule has 1 aliphatic heterocycles. The van der Waals surface area contributed by atoms with Crippen LogP contribution in [0.2, 0.25) is 0 Å². The molecule has 76 valence electrons. The van der Waals surface area contributed by atoms with Gasteiger partial charge < -0.3 is 5.73 Å². The second-order valence-corrected chi connectivity index (χ2v) is 5.16. The van der Waals surface area contributed by atoms with Gasteiger partial charge in [0.15, 0.2) is 9.84 Å². The second kappa shape index (κ2) is 2.74. The molecule has 3 nitrogen and oxygen atoms in total. The SMILES string of the molecule is NC1CS(=O)(=O)c2c(F)cc(F)cc21. The van der Waals surface area contributed by atoms with Crippen LogP contribution in [0.1, 0.15) is 11.6 Å². The Hall–Kier alpha value is -1.01. The van der Waals surface area contributed by atoms with E-state index in [1.807, 2.05) is 0 Å². The number of sulfone groups is 1. The van der Waals surface area contributed by atoms with E-state index >= 15 is 0 Å². The Morgan fingerprint density at radius 3 is 2.64 bits per heavy atom. The van der Waals surface area contributed by atoms with Crippen LogP contribution in [0.25, 0.3) is 0 Å². The van der Waals surface area contributed by atoms with Gasteiger partial charge in [-0.2, -0.15) is 0 Å². The zero-order valence-corrected chi connectivity index (χ0v) is 7.81. The fraction of sp³-hybridized carbons (Fsp3) is 0.250. The third-order valence-corrected chi connectivity index (χ3v) is 4.00. The van der Waals surface area contributed by atoms with Crippen molar-refractivity contribution >= 4 is 9.84 Å². The normalized spacial score (nSPS) is 23.5. The van der Waals surface area contributed by atoms with Crippen LogP contribution in [-0.2, 0) is 9.84 Å². The van der Waals surface area contributed by atoms with Gasteiger partial charge in [-0.25, -0.2) is 17.2 Å². The Morgan fingerprint density at radius 2 is 2.00 bits per heavy atom. The molecule has 0 bridgehead atoms. The number of hydrogen-bond donors (Lipinski definition) is 1. The predicted octanol–water partition coefficient (Wildman–Crippen LogP) is 0.752. The van der Waals surface area contributed by atoms with Crippen LogP contribution in [0.5, 0.6) is 0 Å². The number of halogens is 2. The molecule has 0 aliphatic carbocycles. The molecule has 14 heavy (non-hydrogen) atoms. The van der Waals surface area contributed by atoms with Gasteiger partial charge in [0, 0.05) is 12.1 Å². The van der Waals surface area contributed by atoms with Gasteiger partial charge in [0.05, 0.1) is 5.75 Å². The summed E-state index contributed by atoms with van der Waals surface area (Å²) in [7, 11) is -3.67. The largest absolute Gasteiger partial charge is 0.323 e. The average Bonchev–Trinajstić information content (AvgIpc) is 2.21. The van der Waals surface area contributed by atoms with Crippen molar-refractivity contribution in [2.45, 2.75) is 10.9 Å². The molecular weight excluding hydrogens is 212 g/mol. The van der Waals surface area contributed by atoms with Gasteiger partial charge in [0.1, 0.15) is 16.5 Å². The van der Waals surface area contributed by atoms with E-state index < -0.39 is 32.4 Å². The van der Waals surface area contributed by atoms with Crippen molar-refractivity contribution in [1.82, 2.24) is 0 Å². The fourth-order valence-corrected chi connectivity index (χ4v) is 3.34. The summed E-state index contributed by atoms with van der Waals surface area (Å²) in [5, 5.41) is 0. The lowest BCUT2D eigenvalue weighted by atomic mass is 10.1. The zero-order valence-electron chi connectivity index (χ0n) is 7.00. The molecule has 2 rings (SSSR count). The van der Waals surface area contributed by atoms with Crippen LogP contribution in [0.15, 0.2) is 17.0 Å². The fourth-order valence-electron chi connectivity index (χ4n) is 1.59. The monoisotopic (exact) mass is 219 g/mol. The van der Waals surface area contributed by atoms with Crippen LogP contribution in [0, 0.1) is 11.6 Å². The molecular formula is C8H7F2NO2S. The van der Waals surface area contributed by atoms with Crippen molar-refractivity contribution in [2.24, 2.45) is 5.73 Å². The highest BCUT2D eigenvalue weighted by molar-refractivity contribution is 7.91. The Morgan fingerprint density at radius 1 is 1.36 bits per heavy atom. The average molecular weight is 219 g/mol. The first-order valence-electron chi connectivity index (χ1n) is 3.89. The highest BCUT2D eigenvalue weighted by Gasteiger charge is 2.35. The van der Waals surface area contributed by atoms with E-state index in [4.69, 9.17) is 5.73 Å². The van der Waals surface area contributed by atoms with Gasteiger partial charge in [0.25, 0.3) is 0 Å². The first-order valence-corrected chi connectivity index (χ1v) is 5.54. The predicted molar refractivity (Wildman–Crippen MR) is 45.3 cm³/mol. The van der Waals surface area contributed by atoms with Crippen molar-refractivity contribution in [3.63, 3.8) is 0 Å². The van der Waals surface area contributed by atoms with Gasteiger partial charge in [-0.3, -0.25) is 0 Å². The molecule has 0 fully saturated rings. The molecule has 1 atom stereocenters. The smallest absolute Gasteiger partial charge is 0.183 e. The van der Waals surface area contributed by atoms with Crippen molar-refractivity contribution in [1.29, 1.82) is 0 Å². The molecule has 6 heteroatoms. The molecule has 0 amide bonds. The Bertz CT molecular complexity index is 498. The van der Waals surface area contributed by atoms with E-state index in [0.29, 0.717) is 6.07 Å². The molecule has 0 saturated heterocycles. The maximum Gasteiger partial charge on any atom is 0.183 e. The van der Waals surface area contributed by atoms with Crippen LogP contribution >= 0.6 is 0 Å². The first kappa shape index (κ1) is 9.54. The summed E-state index contributed by atoms with van der Waals surface area (Å²) < 4.78 is 48.6. The molecule has 1 aliphatic rings. The molecule has 1 unspecified atom stereocenters. The molecule has 0 saturated carbocycles. The van der Waals surface area contributed by atoms with Gasteiger partial charge in [-0.15, -0.1) is 0 Å². The molecule has 1 heterocycles. The molecule has 0 radical (unpaired) electrons. The van der Waals surface area contributed by atoms with Gasteiger partial charge in [-0.1, -0.05) is 0 Å². The minimum Gasteiger partial charge on any atom is -0.323 e. The van der Waals surface area contributed by atoms with Crippen LogP contribution in [0.4, 0.5) is 8.78 Å². The third kappa shape index (κ3) is 1.22. The van der Waals surface area contributed by atoms with E-state index in [1.165, 1.54) is 0 Å². The van der Waals surface area contributed by atoms with Crippen LogP contribution < -0.4 is 5.73 Å². The second-order valence-electron chi connectivity index (χ2n) is 3.19. The lowest BCUT2D eigenvalue weighted by molar-refractivity contribution is 0.550. The third-order valence-electron chi connectivity index (χ3n) is 2.15. The molecule has 0 spiro atoms. The molecule has 2 N–H and O–H groups in total. The summed E-state index contributed by atoms with van der Waals surface area (Å²) in [5.74, 6) is -2.23. The summed E-state index contributed by atoms with van der Waals surface area (Å²) in [4.78, 5) is -0.452. The van der Waals surface area contributed by atoms with Crippen molar-refractivity contribution in [3.05, 3.63) is 29.3 Å². The Balaban J connectivity index is 2.82. The summed E-state index contributed by atoms with van der Waals surface area (Å²) in [6.07, 6.45) is 0. The van der Waals surface area contributed by atoms with E-state index in [-0.39, 0.29) is 11.3 Å². The minimum absolute atomic E-state index is 0.0301. The molecule has 0 aromatic heterocycles. The zero-order chi connectivity index (χ0) is 10.5. The lowest BCUT2D eigenvalue weighted by Crippen LogP contribution is -2.12. The number of fused-ring (bicyclic) bond motifs is 1. The summed E-state index contributed by atoms with van der Waals surface area (Å²) in [6.45, 7) is 0. The van der Waals surface area contributed by atoms with E-state index in [1.54, 1.807) is 0 Å². The topological polar surface area (TPSA) is 60.2 Å². The van der Waals surface area contributed by atoms with Gasteiger partial charge in [0.2, 0.25) is 0 Å². The number of hydrogen-bond acceptors (Lipinski definition) is 3. The summed E-state index contributed by atoms with van der Waals surface area (Å²) in [5.41, 5.74) is 5.48. The summed E-state index contributed by atoms with van der Waals surface area (Å²) >= 11 is 0. The quantitative estimate of drug-likeness (QED) is 0.655. The Labute approximate surface area is 79.5 Å². The summed E-state index contributed by atoms with van der Waals surface area (Å²) in [6, 6.07) is 0.683. The van der Waals surface area contributed by atoms with E-state index in [9.17, 15) is 17.2 Å². The molecule has 1 aromatic carbocycles. The van der Waals surface area contributed by atoms with Crippen molar-refractivity contribution in [2.75, 3.05) is 5.75 Å². The Kier molecular flexibility index (Phi) is 1.87. The highest BCUT2D eigenvalue weighted by Crippen LogP contribution is 2.34. The standard InChI is InChI=1S/C8H7F2NO2S/c9-4-1-5-7(11)3-14(12,13)8(5)6(10)2-4/h1-2,7H,3,11H2. The van der Waals surface area contributed by atoms with Crippen LogP contribution in [-0.4, -0.2) is 14.2 Å². The maximum atomic E-state index is 13.1. The van der Waals surface area contributed by atoms with Crippen molar-refractivity contribution in [3.8, 4) is 0 Å². The van der Waals surface area contributed by atoms with E-state index in [0.717, 1.165) is 6.07 Å². The van der Waals surface area contributed by atoms with Crippen LogP contribution in [0.3, 0.4) is 0 Å². The number of nitrogens with two attached hydrogens (primary N) is 1. The number of rotatable bonds is 0. The number of benzene rings is 1. The van der Waals surface area contributed by atoms with Gasteiger partial charge in [-0.05, 0) is 11.6 Å². The maximum absolute atomic E-state index is 13.1. The molecule has 1 aromatic rings. The first-order chi connectivity index (χ1) is 6.42. The highest BCUT2D eigenvalue weighted by atomic mass is 32.2. The van der Waals surface area contributed by atoms with E-state index in [2.05, 4.69) is 0 Å². The lowest BCUT2D eigenvalue weighted by Gasteiger charge is -2.02. The minimum atomic E-state index is -3.67. The van der Waals surface area contributed by atoms with Crippen molar-refractivity contribution < 1.29 is 17.2 Å². The van der Waals surface area contributed by atoms with Gasteiger partial charge >= 0.3 is 0 Å².